The van der Waals surface area contributed by atoms with Gasteiger partial charge in [-0.15, -0.1) is 0 Å². The average molecular weight is 291 g/mol. The molecule has 1 aromatic carbocycles. The fourth-order valence-electron chi connectivity index (χ4n) is 1.48. The van der Waals surface area contributed by atoms with Crippen LogP contribution in [0.15, 0.2) is 21.1 Å². The van der Waals surface area contributed by atoms with Crippen molar-refractivity contribution in [2.45, 2.75) is 12.8 Å². The van der Waals surface area contributed by atoms with E-state index in [2.05, 4.69) is 49.3 Å². The van der Waals surface area contributed by atoms with Gasteiger partial charge in [0.25, 0.3) is 0 Å². The van der Waals surface area contributed by atoms with Crippen LogP contribution in [0.2, 0.25) is 0 Å². The van der Waals surface area contributed by atoms with E-state index in [1.807, 2.05) is 0 Å². The van der Waals surface area contributed by atoms with E-state index in [0.717, 1.165) is 15.5 Å². The van der Waals surface area contributed by atoms with Crippen LogP contribution in [-0.2, 0) is 6.42 Å². The zero-order valence-corrected chi connectivity index (χ0v) is 9.70. The van der Waals surface area contributed by atoms with E-state index in [4.69, 9.17) is 0 Å². The molecule has 0 aromatic heterocycles. The van der Waals surface area contributed by atoms with E-state index in [1.54, 1.807) is 0 Å². The maximum Gasteiger partial charge on any atom is 0.0551 e. The summed E-state index contributed by atoms with van der Waals surface area (Å²) in [5.74, 6) is 0. The van der Waals surface area contributed by atoms with E-state index in [9.17, 15) is 0 Å². The molecule has 1 aliphatic rings. The lowest BCUT2D eigenvalue weighted by atomic mass is 10.0. The molecule has 0 radical (unpaired) electrons. The summed E-state index contributed by atoms with van der Waals surface area (Å²) in [6.45, 7) is 1.09. The minimum absolute atomic E-state index is 1.09. The van der Waals surface area contributed by atoms with Crippen molar-refractivity contribution in [1.82, 2.24) is 0 Å². The first-order chi connectivity index (χ1) is 5.79. The van der Waals surface area contributed by atoms with Crippen molar-refractivity contribution in [2.24, 2.45) is 0 Å². The number of hydrogen-bond acceptors (Lipinski definition) is 1. The Kier molecular flexibility index (Phi) is 2.42. The maximum atomic E-state index is 3.56. The minimum atomic E-state index is 1.09. The molecule has 0 fully saturated rings. The Morgan fingerprint density at radius 1 is 1.25 bits per heavy atom. The van der Waals surface area contributed by atoms with Crippen LogP contribution in [0.4, 0.5) is 5.69 Å². The van der Waals surface area contributed by atoms with Crippen molar-refractivity contribution < 1.29 is 0 Å². The van der Waals surface area contributed by atoms with Crippen LogP contribution >= 0.6 is 31.9 Å². The molecule has 0 atom stereocenters. The fraction of sp³-hybridized carbons (Fsp3) is 0.333. The van der Waals surface area contributed by atoms with Gasteiger partial charge in [0, 0.05) is 11.0 Å². The van der Waals surface area contributed by atoms with Gasteiger partial charge in [-0.25, -0.2) is 0 Å². The number of nitrogens with one attached hydrogen (secondary N) is 1. The fourth-order valence-corrected chi connectivity index (χ4v) is 2.34. The van der Waals surface area contributed by atoms with Gasteiger partial charge in [0.2, 0.25) is 0 Å². The molecule has 1 aliphatic heterocycles. The number of anilines is 1. The second kappa shape index (κ2) is 3.38. The molecule has 0 unspecified atom stereocenters. The van der Waals surface area contributed by atoms with Gasteiger partial charge in [0.15, 0.2) is 0 Å². The summed E-state index contributed by atoms with van der Waals surface area (Å²) in [4.78, 5) is 0. The van der Waals surface area contributed by atoms with Crippen LogP contribution in [0.5, 0.6) is 0 Å². The summed E-state index contributed by atoms with van der Waals surface area (Å²) in [6, 6.07) is 4.27. The Hall–Kier alpha value is -0.0200. The van der Waals surface area contributed by atoms with Crippen molar-refractivity contribution in [3.05, 3.63) is 26.6 Å². The monoisotopic (exact) mass is 289 g/mol. The number of benzene rings is 1. The van der Waals surface area contributed by atoms with E-state index in [0.29, 0.717) is 0 Å². The molecule has 12 heavy (non-hydrogen) atoms. The zero-order chi connectivity index (χ0) is 8.55. The summed E-state index contributed by atoms with van der Waals surface area (Å²) in [5, 5.41) is 3.39. The highest BCUT2D eigenvalue weighted by atomic mass is 79.9. The summed E-state index contributed by atoms with van der Waals surface area (Å²) < 4.78 is 2.27. The summed E-state index contributed by atoms with van der Waals surface area (Å²) in [6.07, 6.45) is 2.43. The van der Waals surface area contributed by atoms with Crippen molar-refractivity contribution in [3.63, 3.8) is 0 Å². The predicted molar refractivity (Wildman–Crippen MR) is 58.7 cm³/mol. The third-order valence-electron chi connectivity index (χ3n) is 2.11. The molecule has 1 nitrogen and oxygen atoms in total. The lowest BCUT2D eigenvalue weighted by molar-refractivity contribution is 0.828. The Balaban J connectivity index is 2.54. The first kappa shape index (κ1) is 8.57. The van der Waals surface area contributed by atoms with Crippen LogP contribution in [0.1, 0.15) is 12.0 Å². The smallest absolute Gasteiger partial charge is 0.0551 e. The van der Waals surface area contributed by atoms with Gasteiger partial charge in [-0.2, -0.15) is 0 Å². The van der Waals surface area contributed by atoms with Crippen molar-refractivity contribution in [2.75, 3.05) is 11.9 Å². The van der Waals surface area contributed by atoms with Crippen molar-refractivity contribution >= 4 is 37.5 Å². The largest absolute Gasteiger partial charge is 0.384 e. The molecular weight excluding hydrogens is 282 g/mol. The third-order valence-corrected chi connectivity index (χ3v) is 4.12. The van der Waals surface area contributed by atoms with E-state index in [1.165, 1.54) is 24.1 Å². The zero-order valence-electron chi connectivity index (χ0n) is 6.53. The molecule has 0 saturated heterocycles. The number of halogens is 2. The molecule has 0 aliphatic carbocycles. The maximum absolute atomic E-state index is 3.56. The molecule has 0 amide bonds. The second-order valence-electron chi connectivity index (χ2n) is 2.93. The van der Waals surface area contributed by atoms with Gasteiger partial charge in [-0.3, -0.25) is 0 Å². The Morgan fingerprint density at radius 2 is 2.08 bits per heavy atom. The average Bonchev–Trinajstić information content (AvgIpc) is 2.12. The highest BCUT2D eigenvalue weighted by molar-refractivity contribution is 9.13. The normalized spacial score (nSPS) is 15.2. The molecule has 2 rings (SSSR count). The highest BCUT2D eigenvalue weighted by Gasteiger charge is 2.12. The molecule has 1 heterocycles. The van der Waals surface area contributed by atoms with Gasteiger partial charge < -0.3 is 5.32 Å². The molecule has 3 heteroatoms. The SMILES string of the molecule is Brc1ccc2c(c1Br)NCCC2. The van der Waals surface area contributed by atoms with Crippen LogP contribution in [0.25, 0.3) is 0 Å². The molecule has 0 bridgehead atoms. The van der Waals surface area contributed by atoms with Gasteiger partial charge in [0.05, 0.1) is 10.2 Å². The Labute approximate surface area is 88.8 Å². The van der Waals surface area contributed by atoms with E-state index in [-0.39, 0.29) is 0 Å². The third kappa shape index (κ3) is 1.40. The molecule has 64 valence electrons. The first-order valence-corrected chi connectivity index (χ1v) is 5.58. The second-order valence-corrected chi connectivity index (χ2v) is 4.57. The van der Waals surface area contributed by atoms with Gasteiger partial charge in [0.1, 0.15) is 0 Å². The predicted octanol–water partition coefficient (Wildman–Crippen LogP) is 3.57. The molecule has 1 aromatic rings. The van der Waals surface area contributed by atoms with Crippen LogP contribution in [0, 0.1) is 0 Å². The van der Waals surface area contributed by atoms with E-state index < -0.39 is 0 Å². The van der Waals surface area contributed by atoms with Crippen LogP contribution < -0.4 is 5.32 Å². The quantitative estimate of drug-likeness (QED) is 0.770. The summed E-state index contributed by atoms with van der Waals surface area (Å²) >= 11 is 7.04. The van der Waals surface area contributed by atoms with Crippen LogP contribution in [-0.4, -0.2) is 6.54 Å². The number of hydrogen-bond donors (Lipinski definition) is 1. The summed E-state index contributed by atoms with van der Waals surface area (Å²) in [7, 11) is 0. The summed E-state index contributed by atoms with van der Waals surface area (Å²) in [5.41, 5.74) is 2.67. The lowest BCUT2D eigenvalue weighted by Crippen LogP contribution is -2.12. The standard InChI is InChI=1S/C9H9Br2N/c10-7-4-3-6-2-1-5-12-9(6)8(7)11/h3-4,12H,1-2,5H2. The minimum Gasteiger partial charge on any atom is -0.384 e. The molecule has 0 spiro atoms. The molecule has 1 N–H and O–H groups in total. The Bertz CT molecular complexity index is 310. The topological polar surface area (TPSA) is 12.0 Å². The number of rotatable bonds is 0. The van der Waals surface area contributed by atoms with Gasteiger partial charge >= 0.3 is 0 Å². The number of aryl methyl sites for hydroxylation is 1. The van der Waals surface area contributed by atoms with Gasteiger partial charge in [-0.05, 0) is 56.3 Å². The van der Waals surface area contributed by atoms with Crippen LogP contribution in [0.3, 0.4) is 0 Å². The number of fused-ring (bicyclic) bond motifs is 1. The lowest BCUT2D eigenvalue weighted by Gasteiger charge is -2.19. The Morgan fingerprint density at radius 3 is 2.92 bits per heavy atom. The molecular formula is C9H9Br2N. The van der Waals surface area contributed by atoms with Crippen molar-refractivity contribution in [1.29, 1.82) is 0 Å². The van der Waals surface area contributed by atoms with E-state index >= 15 is 0 Å². The first-order valence-electron chi connectivity index (χ1n) is 4.00. The highest BCUT2D eigenvalue weighted by Crippen LogP contribution is 2.35. The molecule has 0 saturated carbocycles. The van der Waals surface area contributed by atoms with Gasteiger partial charge in [-0.1, -0.05) is 6.07 Å². The van der Waals surface area contributed by atoms with Crippen molar-refractivity contribution in [3.8, 4) is 0 Å².